The number of ether oxygens (including phenoxy) is 1. The summed E-state index contributed by atoms with van der Waals surface area (Å²) in [6, 6.07) is 1.14. The van der Waals surface area contributed by atoms with Gasteiger partial charge in [-0.3, -0.25) is 0 Å². The summed E-state index contributed by atoms with van der Waals surface area (Å²) in [6.07, 6.45) is 2.31. The Kier molecular flexibility index (Phi) is 7.63. The van der Waals surface area contributed by atoms with Crippen molar-refractivity contribution >= 4 is 15.0 Å². The molecule has 0 aliphatic rings. The van der Waals surface area contributed by atoms with Crippen molar-refractivity contribution in [2.75, 3.05) is 13.2 Å². The summed E-state index contributed by atoms with van der Waals surface area (Å²) < 4.78 is 10.2. The van der Waals surface area contributed by atoms with Gasteiger partial charge in [-0.15, -0.1) is 0 Å². The van der Waals surface area contributed by atoms with E-state index in [1.54, 1.807) is 0 Å². The molecule has 0 fully saturated rings. The van der Waals surface area contributed by atoms with E-state index in [0.717, 1.165) is 18.5 Å². The van der Waals surface area contributed by atoms with Crippen LogP contribution < -0.4 is 0 Å². The average molecular weight is 201 g/mol. The second-order valence-corrected chi connectivity index (χ2v) is 4.86. The van der Waals surface area contributed by atoms with E-state index in [2.05, 4.69) is 20.0 Å². The van der Waals surface area contributed by atoms with Gasteiger partial charge in [-0.05, 0) is 12.6 Å². The summed E-state index contributed by atoms with van der Waals surface area (Å²) in [6.45, 7) is 8.38. The molecular weight excluding hydrogens is 184 g/mol. The first-order chi connectivity index (χ1) is 6.20. The Labute approximate surface area is 81.5 Å². The molecule has 0 atom stereocenters. The van der Waals surface area contributed by atoms with Crippen LogP contribution in [0.4, 0.5) is 0 Å². The lowest BCUT2D eigenvalue weighted by atomic mass is 10.6. The van der Waals surface area contributed by atoms with E-state index < -0.39 is 9.04 Å². The Morgan fingerprint density at radius 2 is 2.23 bits per heavy atom. The summed E-state index contributed by atoms with van der Waals surface area (Å²) in [7, 11) is -0.662. The third kappa shape index (κ3) is 7.74. The van der Waals surface area contributed by atoms with Gasteiger partial charge in [0.1, 0.15) is 6.61 Å². The zero-order valence-corrected chi connectivity index (χ0v) is 9.34. The van der Waals surface area contributed by atoms with Gasteiger partial charge in [0.2, 0.25) is 9.04 Å². The molecule has 0 aromatic heterocycles. The van der Waals surface area contributed by atoms with Gasteiger partial charge in [-0.2, -0.15) is 0 Å². The molecule has 0 heterocycles. The van der Waals surface area contributed by atoms with E-state index in [1.807, 2.05) is 0 Å². The quantitative estimate of drug-likeness (QED) is 0.272. The number of carbonyl (C=O) groups excluding carboxylic acids is 1. The highest BCUT2D eigenvalue weighted by Crippen LogP contribution is 1.97. The zero-order chi connectivity index (χ0) is 10.1. The minimum Gasteiger partial charge on any atom is -0.460 e. The van der Waals surface area contributed by atoms with Crippen molar-refractivity contribution < 1.29 is 14.0 Å². The van der Waals surface area contributed by atoms with Gasteiger partial charge in [0.25, 0.3) is 0 Å². The van der Waals surface area contributed by atoms with Crippen molar-refractivity contribution in [1.82, 2.24) is 0 Å². The fourth-order valence-corrected chi connectivity index (χ4v) is 2.12. The van der Waals surface area contributed by atoms with Crippen LogP contribution in [0.5, 0.6) is 0 Å². The summed E-state index contributed by atoms with van der Waals surface area (Å²) in [5.41, 5.74) is 0. The van der Waals surface area contributed by atoms with Crippen LogP contribution in [0.15, 0.2) is 12.7 Å². The third-order valence-corrected chi connectivity index (χ3v) is 3.35. The number of hydrogen-bond donors (Lipinski definition) is 0. The van der Waals surface area contributed by atoms with Crippen molar-refractivity contribution in [3.05, 3.63) is 12.7 Å². The van der Waals surface area contributed by atoms with Gasteiger partial charge in [0.15, 0.2) is 0 Å². The van der Waals surface area contributed by atoms with Crippen molar-refractivity contribution in [2.24, 2.45) is 0 Å². The maximum atomic E-state index is 10.6. The average Bonchev–Trinajstić information content (AvgIpc) is 2.12. The minimum atomic E-state index is -0.662. The molecule has 4 heteroatoms. The summed E-state index contributed by atoms with van der Waals surface area (Å²) in [5, 5.41) is 0. The molecular formula is C9H17O3Si. The molecule has 0 aliphatic carbocycles. The first-order valence-electron chi connectivity index (χ1n) is 4.45. The number of rotatable bonds is 7. The van der Waals surface area contributed by atoms with Gasteiger partial charge in [-0.25, -0.2) is 4.79 Å². The normalized spacial score (nSPS) is 10.1. The molecule has 0 bridgehead atoms. The highest BCUT2D eigenvalue weighted by Gasteiger charge is 2.03. The Bertz CT molecular complexity index is 159. The Morgan fingerprint density at radius 3 is 2.77 bits per heavy atom. The topological polar surface area (TPSA) is 35.5 Å². The molecule has 0 aliphatic heterocycles. The Hall–Kier alpha value is -0.613. The highest BCUT2D eigenvalue weighted by atomic mass is 28.3. The second-order valence-electron chi connectivity index (χ2n) is 2.67. The smallest absolute Gasteiger partial charge is 0.330 e. The lowest BCUT2D eigenvalue weighted by Crippen LogP contribution is -2.17. The van der Waals surface area contributed by atoms with Crippen LogP contribution in [0.25, 0.3) is 0 Å². The molecule has 75 valence electrons. The van der Waals surface area contributed by atoms with E-state index in [4.69, 9.17) is 9.16 Å². The molecule has 0 rings (SSSR count). The van der Waals surface area contributed by atoms with E-state index in [9.17, 15) is 4.79 Å². The molecule has 3 nitrogen and oxygen atoms in total. The Balaban J connectivity index is 3.24. The molecule has 0 aromatic carbocycles. The van der Waals surface area contributed by atoms with Crippen LogP contribution in [0.2, 0.25) is 12.6 Å². The predicted molar refractivity (Wildman–Crippen MR) is 53.8 cm³/mol. The lowest BCUT2D eigenvalue weighted by molar-refractivity contribution is -0.138. The fraction of sp³-hybridized carbons (Fsp3) is 0.667. The largest absolute Gasteiger partial charge is 0.460 e. The van der Waals surface area contributed by atoms with E-state index in [1.165, 1.54) is 0 Å². The molecule has 13 heavy (non-hydrogen) atoms. The molecule has 0 aromatic rings. The van der Waals surface area contributed by atoms with Crippen molar-refractivity contribution in [2.45, 2.75) is 25.9 Å². The van der Waals surface area contributed by atoms with Crippen LogP contribution in [0.1, 0.15) is 13.3 Å². The Morgan fingerprint density at radius 1 is 1.54 bits per heavy atom. The lowest BCUT2D eigenvalue weighted by Gasteiger charge is -2.09. The van der Waals surface area contributed by atoms with Gasteiger partial charge >= 0.3 is 5.97 Å². The molecule has 0 saturated carbocycles. The van der Waals surface area contributed by atoms with Crippen LogP contribution in [-0.4, -0.2) is 28.2 Å². The summed E-state index contributed by atoms with van der Waals surface area (Å²) in [5.74, 6) is -0.385. The third-order valence-electron chi connectivity index (χ3n) is 1.44. The second kappa shape index (κ2) is 8.01. The highest BCUT2D eigenvalue weighted by molar-refractivity contribution is 6.50. The maximum Gasteiger partial charge on any atom is 0.330 e. The van der Waals surface area contributed by atoms with Gasteiger partial charge in [-0.1, -0.05) is 19.9 Å². The fourth-order valence-electron chi connectivity index (χ4n) is 0.841. The van der Waals surface area contributed by atoms with E-state index in [0.29, 0.717) is 13.2 Å². The molecule has 0 amide bonds. The summed E-state index contributed by atoms with van der Waals surface area (Å²) >= 11 is 0. The van der Waals surface area contributed by atoms with Crippen LogP contribution in [-0.2, 0) is 14.0 Å². The minimum absolute atomic E-state index is 0.330. The maximum absolute atomic E-state index is 10.6. The standard InChI is InChI=1S/C9H17O3Si/c1-4-8-13(3)12-7-6-11-9(10)5-2/h5H,2,4,6-8H2,1,3H3. The number of carbonyl (C=O) groups is 1. The monoisotopic (exact) mass is 201 g/mol. The number of esters is 1. The summed E-state index contributed by atoms with van der Waals surface area (Å²) in [4.78, 5) is 10.6. The van der Waals surface area contributed by atoms with Crippen LogP contribution in [0.3, 0.4) is 0 Å². The molecule has 1 radical (unpaired) electrons. The zero-order valence-electron chi connectivity index (χ0n) is 8.34. The van der Waals surface area contributed by atoms with Gasteiger partial charge in [0, 0.05) is 6.08 Å². The van der Waals surface area contributed by atoms with Crippen molar-refractivity contribution in [1.29, 1.82) is 0 Å². The number of hydrogen-bond acceptors (Lipinski definition) is 3. The van der Waals surface area contributed by atoms with Gasteiger partial charge < -0.3 is 9.16 Å². The predicted octanol–water partition coefficient (Wildman–Crippen LogP) is 1.76. The van der Waals surface area contributed by atoms with Crippen molar-refractivity contribution in [3.8, 4) is 0 Å². The first kappa shape index (κ1) is 12.4. The molecule has 0 N–H and O–H groups in total. The van der Waals surface area contributed by atoms with Crippen LogP contribution >= 0.6 is 0 Å². The first-order valence-corrected chi connectivity index (χ1v) is 6.56. The molecule has 0 unspecified atom stereocenters. The van der Waals surface area contributed by atoms with Gasteiger partial charge in [0.05, 0.1) is 6.61 Å². The SMILES string of the molecule is C=CC(=O)OCCO[Si](C)CCC. The molecule has 0 saturated heterocycles. The van der Waals surface area contributed by atoms with E-state index >= 15 is 0 Å². The van der Waals surface area contributed by atoms with E-state index in [-0.39, 0.29) is 5.97 Å². The molecule has 0 spiro atoms. The van der Waals surface area contributed by atoms with Crippen molar-refractivity contribution in [3.63, 3.8) is 0 Å². The van der Waals surface area contributed by atoms with Crippen LogP contribution in [0, 0.1) is 0 Å².